The molecule has 21 heavy (non-hydrogen) atoms. The SMILES string of the molecule is C[C@@]12CCC[C@H]1[C@@H]1CC[C@H]3CC(=O)CC[C@]3(C=O)[C@H]1CC2. The fourth-order valence-electron chi connectivity index (χ4n) is 6.97. The first-order valence-corrected chi connectivity index (χ1v) is 9.07. The van der Waals surface area contributed by atoms with E-state index in [0.717, 1.165) is 24.7 Å². The third-order valence-electron chi connectivity index (χ3n) is 8.05. The van der Waals surface area contributed by atoms with Gasteiger partial charge in [-0.2, -0.15) is 0 Å². The summed E-state index contributed by atoms with van der Waals surface area (Å²) in [6.45, 7) is 2.50. The highest BCUT2D eigenvalue weighted by atomic mass is 16.1. The predicted octanol–water partition coefficient (Wildman–Crippen LogP) is 4.17. The molecular weight excluding hydrogens is 260 g/mol. The van der Waals surface area contributed by atoms with Gasteiger partial charge < -0.3 is 4.79 Å². The zero-order valence-electron chi connectivity index (χ0n) is 13.3. The van der Waals surface area contributed by atoms with E-state index in [1.54, 1.807) is 0 Å². The van der Waals surface area contributed by atoms with E-state index in [1.807, 2.05) is 0 Å². The first-order chi connectivity index (χ1) is 10.1. The van der Waals surface area contributed by atoms with Crippen molar-refractivity contribution in [2.45, 2.75) is 71.1 Å². The largest absolute Gasteiger partial charge is 0.303 e. The number of carbonyl (C=O) groups excluding carboxylic acids is 2. The van der Waals surface area contributed by atoms with Crippen LogP contribution in [0, 0.1) is 34.5 Å². The number of ketones is 1. The molecule has 0 aromatic rings. The third kappa shape index (κ3) is 1.83. The van der Waals surface area contributed by atoms with Gasteiger partial charge in [0.2, 0.25) is 0 Å². The fraction of sp³-hybridized carbons (Fsp3) is 0.895. The quantitative estimate of drug-likeness (QED) is 0.679. The van der Waals surface area contributed by atoms with Gasteiger partial charge in [0.05, 0.1) is 0 Å². The van der Waals surface area contributed by atoms with Gasteiger partial charge in [0, 0.05) is 18.3 Å². The van der Waals surface area contributed by atoms with Crippen LogP contribution >= 0.6 is 0 Å². The number of aldehydes is 1. The zero-order chi connectivity index (χ0) is 14.7. The molecule has 4 fully saturated rings. The Morgan fingerprint density at radius 3 is 2.71 bits per heavy atom. The van der Waals surface area contributed by atoms with Crippen LogP contribution in [0.25, 0.3) is 0 Å². The van der Waals surface area contributed by atoms with Crippen LogP contribution in [0.1, 0.15) is 71.1 Å². The van der Waals surface area contributed by atoms with Gasteiger partial charge in [-0.15, -0.1) is 0 Å². The van der Waals surface area contributed by atoms with Crippen LogP contribution in [0.4, 0.5) is 0 Å². The van der Waals surface area contributed by atoms with Crippen molar-refractivity contribution >= 4 is 12.1 Å². The van der Waals surface area contributed by atoms with Gasteiger partial charge in [-0.25, -0.2) is 0 Å². The number of hydrogen-bond donors (Lipinski definition) is 0. The van der Waals surface area contributed by atoms with E-state index in [-0.39, 0.29) is 5.41 Å². The van der Waals surface area contributed by atoms with Gasteiger partial charge in [0.1, 0.15) is 12.1 Å². The summed E-state index contributed by atoms with van der Waals surface area (Å²) in [6, 6.07) is 0. The van der Waals surface area contributed by atoms with E-state index in [2.05, 4.69) is 6.92 Å². The summed E-state index contributed by atoms with van der Waals surface area (Å²) in [4.78, 5) is 24.0. The smallest absolute Gasteiger partial charge is 0.133 e. The number of Topliss-reactive ketones (excluding diaryl/α,β-unsaturated/α-hetero) is 1. The monoisotopic (exact) mass is 288 g/mol. The van der Waals surface area contributed by atoms with Crippen molar-refractivity contribution < 1.29 is 9.59 Å². The molecule has 0 aromatic carbocycles. The predicted molar refractivity (Wildman–Crippen MR) is 81.7 cm³/mol. The van der Waals surface area contributed by atoms with E-state index in [4.69, 9.17) is 0 Å². The summed E-state index contributed by atoms with van der Waals surface area (Å²) in [7, 11) is 0. The molecule has 0 bridgehead atoms. The second-order valence-corrected chi connectivity index (χ2v) is 8.71. The molecule has 0 aliphatic heterocycles. The van der Waals surface area contributed by atoms with Crippen molar-refractivity contribution in [3.63, 3.8) is 0 Å². The number of hydrogen-bond acceptors (Lipinski definition) is 2. The van der Waals surface area contributed by atoms with Gasteiger partial charge in [-0.1, -0.05) is 13.3 Å². The molecule has 0 N–H and O–H groups in total. The lowest BCUT2D eigenvalue weighted by Gasteiger charge is -2.58. The number of fused-ring (bicyclic) bond motifs is 5. The Balaban J connectivity index is 1.68. The van der Waals surface area contributed by atoms with Crippen molar-refractivity contribution in [1.82, 2.24) is 0 Å². The highest BCUT2D eigenvalue weighted by Gasteiger charge is 2.59. The molecule has 0 saturated heterocycles. The maximum Gasteiger partial charge on any atom is 0.133 e. The maximum absolute atomic E-state index is 12.1. The van der Waals surface area contributed by atoms with Crippen molar-refractivity contribution in [2.75, 3.05) is 0 Å². The molecule has 0 heterocycles. The third-order valence-corrected chi connectivity index (χ3v) is 8.05. The molecule has 4 saturated carbocycles. The molecule has 2 heteroatoms. The Bertz CT molecular complexity index is 470. The molecule has 6 atom stereocenters. The first kappa shape index (κ1) is 14.0. The molecule has 0 unspecified atom stereocenters. The Labute approximate surface area is 128 Å². The average molecular weight is 288 g/mol. The molecule has 116 valence electrons. The fourth-order valence-corrected chi connectivity index (χ4v) is 6.97. The summed E-state index contributed by atoms with van der Waals surface area (Å²) in [5, 5.41) is 0. The highest BCUT2D eigenvalue weighted by molar-refractivity contribution is 5.82. The minimum atomic E-state index is -0.138. The molecule has 4 aliphatic rings. The van der Waals surface area contributed by atoms with Gasteiger partial charge >= 0.3 is 0 Å². The second kappa shape index (κ2) is 4.67. The van der Waals surface area contributed by atoms with E-state index in [0.29, 0.717) is 35.9 Å². The minimum absolute atomic E-state index is 0.138. The molecule has 0 aromatic heterocycles. The summed E-state index contributed by atoms with van der Waals surface area (Å²) < 4.78 is 0. The number of carbonyl (C=O) groups is 2. The average Bonchev–Trinajstić information content (AvgIpc) is 2.88. The lowest BCUT2D eigenvalue weighted by atomic mass is 9.45. The molecule has 0 radical (unpaired) electrons. The Hall–Kier alpha value is -0.660. The summed E-state index contributed by atoms with van der Waals surface area (Å²) in [5.74, 6) is 2.96. The molecule has 4 aliphatic carbocycles. The van der Waals surface area contributed by atoms with Crippen LogP contribution in [0.3, 0.4) is 0 Å². The van der Waals surface area contributed by atoms with Crippen molar-refractivity contribution in [2.24, 2.45) is 34.5 Å². The van der Waals surface area contributed by atoms with E-state index >= 15 is 0 Å². The van der Waals surface area contributed by atoms with Crippen LogP contribution < -0.4 is 0 Å². The Morgan fingerprint density at radius 2 is 1.90 bits per heavy atom. The van der Waals surface area contributed by atoms with Gasteiger partial charge in [-0.3, -0.25) is 4.79 Å². The molecular formula is C19H28O2. The first-order valence-electron chi connectivity index (χ1n) is 9.07. The Kier molecular flexibility index (Phi) is 3.10. The van der Waals surface area contributed by atoms with Crippen LogP contribution in [0.15, 0.2) is 0 Å². The lowest BCUT2D eigenvalue weighted by molar-refractivity contribution is -0.150. The molecule has 0 amide bonds. The van der Waals surface area contributed by atoms with Crippen LogP contribution in [0.5, 0.6) is 0 Å². The van der Waals surface area contributed by atoms with E-state index < -0.39 is 0 Å². The topological polar surface area (TPSA) is 34.1 Å². The lowest BCUT2D eigenvalue weighted by Crippen LogP contribution is -2.54. The normalized spacial score (nSPS) is 52.7. The van der Waals surface area contributed by atoms with Gasteiger partial charge in [-0.05, 0) is 74.0 Å². The van der Waals surface area contributed by atoms with Crippen molar-refractivity contribution in [1.29, 1.82) is 0 Å². The van der Waals surface area contributed by atoms with Gasteiger partial charge in [0.25, 0.3) is 0 Å². The van der Waals surface area contributed by atoms with E-state index in [1.165, 1.54) is 44.8 Å². The molecule has 4 rings (SSSR count). The highest BCUT2D eigenvalue weighted by Crippen LogP contribution is 2.65. The second-order valence-electron chi connectivity index (χ2n) is 8.71. The van der Waals surface area contributed by atoms with Gasteiger partial charge in [0.15, 0.2) is 0 Å². The van der Waals surface area contributed by atoms with Crippen molar-refractivity contribution in [3.8, 4) is 0 Å². The Morgan fingerprint density at radius 1 is 1.05 bits per heavy atom. The standard InChI is InChI=1S/C19H28O2/c1-18-8-2-3-16(18)15-5-4-13-11-14(21)6-10-19(13,12-20)17(15)7-9-18/h12-13,15-17H,2-11H2,1H3/t13-,15-,16-,17-,18-,19+/m0/s1. The van der Waals surface area contributed by atoms with E-state index in [9.17, 15) is 9.59 Å². The van der Waals surface area contributed by atoms with Crippen LogP contribution in [-0.4, -0.2) is 12.1 Å². The zero-order valence-corrected chi connectivity index (χ0v) is 13.3. The molecule has 0 spiro atoms. The minimum Gasteiger partial charge on any atom is -0.303 e. The summed E-state index contributed by atoms with van der Waals surface area (Å²) in [5.41, 5.74) is 0.420. The van der Waals surface area contributed by atoms with Crippen LogP contribution in [0.2, 0.25) is 0 Å². The van der Waals surface area contributed by atoms with Crippen molar-refractivity contribution in [3.05, 3.63) is 0 Å². The maximum atomic E-state index is 12.1. The molecule has 2 nitrogen and oxygen atoms in total. The summed E-state index contributed by atoms with van der Waals surface area (Å²) >= 11 is 0. The van der Waals surface area contributed by atoms with Crippen LogP contribution in [-0.2, 0) is 9.59 Å². The summed E-state index contributed by atoms with van der Waals surface area (Å²) in [6.07, 6.45) is 12.6. The number of rotatable bonds is 1.